The fourth-order valence-electron chi connectivity index (χ4n) is 5.89. The number of amides is 3. The van der Waals surface area contributed by atoms with E-state index in [-0.39, 0.29) is 25.3 Å². The summed E-state index contributed by atoms with van der Waals surface area (Å²) >= 11 is 2.03. The van der Waals surface area contributed by atoms with E-state index in [1.807, 2.05) is 0 Å². The predicted molar refractivity (Wildman–Crippen MR) is 182 cm³/mol. The number of thioether (sulfide) groups is 1. The van der Waals surface area contributed by atoms with Gasteiger partial charge >= 0.3 is 16.8 Å². The molecule has 0 radical (unpaired) electrons. The standard InChI is InChI=1S/C35H31N3O9S2/c1-4-46-33(42)20-6-12-22(13-7-20)36-25(39)18-37-32-29(49-35(37)44)26(19-10-16-24(45-3)17-11-19)27-28(48-32)31(41)38(30(27)40)23-14-8-21(9-15-23)34(43)47-5-2/h6-17,26-28H,4-5,18H2,1-3H3,(H,36,39)/t26-,27?,28?/m1/s1. The average Bonchev–Trinajstić information content (AvgIpc) is 3.55. The molecule has 0 saturated carbocycles. The molecule has 2 unspecified atom stereocenters. The number of nitrogens with one attached hydrogen (secondary N) is 1. The molecule has 0 bridgehead atoms. The van der Waals surface area contributed by atoms with Crippen LogP contribution in [-0.2, 0) is 30.4 Å². The number of thiazole rings is 1. The van der Waals surface area contributed by atoms with Gasteiger partial charge in [-0.2, -0.15) is 0 Å². The number of rotatable bonds is 10. The highest BCUT2D eigenvalue weighted by Gasteiger charge is 2.56. The number of hydrogen-bond donors (Lipinski definition) is 1. The largest absolute Gasteiger partial charge is 0.497 e. The SMILES string of the molecule is CCOC(=O)c1ccc(NC(=O)Cn2c3c(sc2=O)[C@H](c2ccc(OC)cc2)C2C(=O)N(c4ccc(C(=O)OCC)cc4)C(=O)C2S3)cc1. The van der Waals surface area contributed by atoms with E-state index < -0.39 is 51.6 Å². The van der Waals surface area contributed by atoms with E-state index in [1.165, 1.54) is 48.1 Å². The van der Waals surface area contributed by atoms with Gasteiger partial charge in [0.15, 0.2) is 0 Å². The van der Waals surface area contributed by atoms with Crippen LogP contribution in [0.3, 0.4) is 0 Å². The molecule has 3 heterocycles. The molecule has 0 aliphatic carbocycles. The molecule has 2 aliphatic heterocycles. The van der Waals surface area contributed by atoms with Crippen molar-refractivity contribution in [3.8, 4) is 5.75 Å². The second kappa shape index (κ2) is 14.1. The molecule has 2 aliphatic rings. The molecule has 14 heteroatoms. The molecule has 1 saturated heterocycles. The first-order chi connectivity index (χ1) is 23.6. The number of carbonyl (C=O) groups is 5. The van der Waals surface area contributed by atoms with Gasteiger partial charge in [-0.05, 0) is 80.1 Å². The van der Waals surface area contributed by atoms with Gasteiger partial charge in [0, 0.05) is 16.5 Å². The number of nitrogens with zero attached hydrogens (tertiary/aromatic N) is 2. The zero-order valence-corrected chi connectivity index (χ0v) is 28.3. The Morgan fingerprint density at radius 2 is 1.39 bits per heavy atom. The second-order valence-electron chi connectivity index (χ2n) is 11.1. The van der Waals surface area contributed by atoms with Gasteiger partial charge in [-0.15, -0.1) is 0 Å². The lowest BCUT2D eigenvalue weighted by Gasteiger charge is -2.30. The Morgan fingerprint density at radius 1 is 0.796 bits per heavy atom. The number of hydrogen-bond acceptors (Lipinski definition) is 11. The number of ether oxygens (including phenoxy) is 3. The maximum absolute atomic E-state index is 14.2. The van der Waals surface area contributed by atoms with E-state index in [9.17, 15) is 28.8 Å². The number of fused-ring (bicyclic) bond motifs is 2. The maximum Gasteiger partial charge on any atom is 0.338 e. The van der Waals surface area contributed by atoms with Crippen LogP contribution in [-0.4, -0.2) is 59.8 Å². The van der Waals surface area contributed by atoms with Crippen molar-refractivity contribution in [2.24, 2.45) is 5.92 Å². The molecular weight excluding hydrogens is 671 g/mol. The highest BCUT2D eigenvalue weighted by atomic mass is 32.2. The summed E-state index contributed by atoms with van der Waals surface area (Å²) in [6.45, 7) is 3.50. The normalized spacial score (nSPS) is 18.0. The average molecular weight is 702 g/mol. The zero-order chi connectivity index (χ0) is 34.8. The molecule has 1 N–H and O–H groups in total. The molecule has 3 atom stereocenters. The molecule has 1 fully saturated rings. The summed E-state index contributed by atoms with van der Waals surface area (Å²) in [6, 6.07) is 19.3. The Hall–Kier alpha value is -5.21. The molecule has 0 spiro atoms. The van der Waals surface area contributed by atoms with Gasteiger partial charge in [0.2, 0.25) is 17.7 Å². The number of esters is 2. The van der Waals surface area contributed by atoms with Gasteiger partial charge in [0.25, 0.3) is 0 Å². The minimum Gasteiger partial charge on any atom is -0.497 e. The molecule has 6 rings (SSSR count). The third kappa shape index (κ3) is 6.48. The Bertz CT molecular complexity index is 1990. The summed E-state index contributed by atoms with van der Waals surface area (Å²) in [6.07, 6.45) is 0. The van der Waals surface area contributed by atoms with Gasteiger partial charge in [0.05, 0.1) is 48.1 Å². The topological polar surface area (TPSA) is 150 Å². The number of benzene rings is 3. The van der Waals surface area contributed by atoms with Crippen LogP contribution in [0.5, 0.6) is 5.75 Å². The summed E-state index contributed by atoms with van der Waals surface area (Å²) in [5.41, 5.74) is 2.05. The van der Waals surface area contributed by atoms with E-state index >= 15 is 0 Å². The van der Waals surface area contributed by atoms with Crippen molar-refractivity contribution >= 4 is 64.1 Å². The van der Waals surface area contributed by atoms with Crippen molar-refractivity contribution in [3.05, 3.63) is 104 Å². The smallest absolute Gasteiger partial charge is 0.338 e. The highest BCUT2D eigenvalue weighted by Crippen LogP contribution is 2.54. The lowest BCUT2D eigenvalue weighted by Crippen LogP contribution is -2.33. The summed E-state index contributed by atoms with van der Waals surface area (Å²) < 4.78 is 16.7. The molecule has 1 aromatic heterocycles. The van der Waals surface area contributed by atoms with Crippen molar-refractivity contribution in [3.63, 3.8) is 0 Å². The van der Waals surface area contributed by atoms with E-state index in [4.69, 9.17) is 14.2 Å². The van der Waals surface area contributed by atoms with Gasteiger partial charge in [-0.25, -0.2) is 14.5 Å². The molecule has 49 heavy (non-hydrogen) atoms. The first-order valence-electron chi connectivity index (χ1n) is 15.4. The van der Waals surface area contributed by atoms with Crippen LogP contribution in [0.1, 0.15) is 50.9 Å². The van der Waals surface area contributed by atoms with Crippen LogP contribution in [0.2, 0.25) is 0 Å². The monoisotopic (exact) mass is 701 g/mol. The third-order valence-electron chi connectivity index (χ3n) is 8.14. The van der Waals surface area contributed by atoms with Crippen molar-refractivity contribution in [1.82, 2.24) is 4.57 Å². The van der Waals surface area contributed by atoms with Crippen molar-refractivity contribution in [2.45, 2.75) is 36.6 Å². The minimum absolute atomic E-state index is 0.206. The van der Waals surface area contributed by atoms with Crippen molar-refractivity contribution in [1.29, 1.82) is 0 Å². The molecule has 12 nitrogen and oxygen atoms in total. The third-order valence-corrected chi connectivity index (χ3v) is 10.7. The molecule has 4 aromatic rings. The number of aromatic nitrogens is 1. The first-order valence-corrected chi connectivity index (χ1v) is 17.1. The quantitative estimate of drug-likeness (QED) is 0.182. The Kier molecular flexibility index (Phi) is 9.69. The minimum atomic E-state index is -0.893. The zero-order valence-electron chi connectivity index (χ0n) is 26.7. The van der Waals surface area contributed by atoms with Crippen molar-refractivity contribution < 1.29 is 38.2 Å². The molecule has 252 valence electrons. The Morgan fingerprint density at radius 3 is 1.96 bits per heavy atom. The van der Waals surface area contributed by atoms with E-state index in [1.54, 1.807) is 50.2 Å². The fourth-order valence-corrected chi connectivity index (χ4v) is 8.66. The number of anilines is 2. The first kappa shape index (κ1) is 33.7. The summed E-state index contributed by atoms with van der Waals surface area (Å²) in [5.74, 6) is -3.30. The number of imide groups is 1. The Labute approximate surface area is 289 Å². The molecular formula is C35H31N3O9S2. The lowest BCUT2D eigenvalue weighted by atomic mass is 9.83. The maximum atomic E-state index is 14.2. The van der Waals surface area contributed by atoms with E-state index in [0.717, 1.165) is 28.0 Å². The summed E-state index contributed by atoms with van der Waals surface area (Å²) in [5, 5.41) is 2.29. The molecule has 3 amide bonds. The Balaban J connectivity index is 1.32. The van der Waals surface area contributed by atoms with Gasteiger partial charge < -0.3 is 19.5 Å². The van der Waals surface area contributed by atoms with Crippen LogP contribution in [0.4, 0.5) is 11.4 Å². The number of carbonyl (C=O) groups excluding carboxylic acids is 5. The summed E-state index contributed by atoms with van der Waals surface area (Å²) in [7, 11) is 1.54. The van der Waals surface area contributed by atoms with Gasteiger partial charge in [0.1, 0.15) is 17.5 Å². The summed E-state index contributed by atoms with van der Waals surface area (Å²) in [4.78, 5) is 80.3. The lowest BCUT2D eigenvalue weighted by molar-refractivity contribution is -0.122. The van der Waals surface area contributed by atoms with E-state index in [0.29, 0.717) is 38.2 Å². The number of methoxy groups -OCH3 is 1. The van der Waals surface area contributed by atoms with Crippen LogP contribution >= 0.6 is 23.1 Å². The van der Waals surface area contributed by atoms with Gasteiger partial charge in [-0.3, -0.25) is 23.7 Å². The van der Waals surface area contributed by atoms with Crippen molar-refractivity contribution in [2.75, 3.05) is 30.5 Å². The van der Waals surface area contributed by atoms with Crippen LogP contribution in [0.15, 0.2) is 82.6 Å². The van der Waals surface area contributed by atoms with Crippen LogP contribution in [0.25, 0.3) is 0 Å². The highest BCUT2D eigenvalue weighted by molar-refractivity contribution is 8.00. The van der Waals surface area contributed by atoms with Gasteiger partial charge in [-0.1, -0.05) is 35.2 Å². The van der Waals surface area contributed by atoms with E-state index in [2.05, 4.69) is 5.32 Å². The predicted octanol–water partition coefficient (Wildman–Crippen LogP) is 4.71. The van der Waals surface area contributed by atoms with Crippen LogP contribution < -0.4 is 19.8 Å². The van der Waals surface area contributed by atoms with Crippen LogP contribution in [0, 0.1) is 5.92 Å². The molecule has 3 aromatic carbocycles. The second-order valence-corrected chi connectivity index (χ2v) is 13.2. The fraction of sp³-hybridized carbons (Fsp3) is 0.257.